The summed E-state index contributed by atoms with van der Waals surface area (Å²) in [5, 5.41) is 13.3. The van der Waals surface area contributed by atoms with Crippen LogP contribution in [0.3, 0.4) is 0 Å². The Kier molecular flexibility index (Phi) is 7.70. The fourth-order valence-corrected chi connectivity index (χ4v) is 3.79. The third kappa shape index (κ3) is 5.27. The van der Waals surface area contributed by atoms with Crippen LogP contribution in [0.5, 0.6) is 0 Å². The van der Waals surface area contributed by atoms with Gasteiger partial charge in [0.05, 0.1) is 6.07 Å². The minimum Gasteiger partial charge on any atom is -0.300 e. The van der Waals surface area contributed by atoms with Crippen LogP contribution in [0.15, 0.2) is 0 Å². The summed E-state index contributed by atoms with van der Waals surface area (Å²) in [6, 6.07) is 3.54. The van der Waals surface area contributed by atoms with Crippen LogP contribution in [0.1, 0.15) is 73.1 Å². The topological polar surface area (TPSA) is 39.1 Å². The molecule has 0 saturated heterocycles. The van der Waals surface area contributed by atoms with Crippen LogP contribution < -0.4 is 5.32 Å². The Morgan fingerprint density at radius 3 is 2.43 bits per heavy atom. The molecule has 3 nitrogen and oxygen atoms in total. The van der Waals surface area contributed by atoms with Crippen molar-refractivity contribution in [1.82, 2.24) is 10.2 Å². The number of hydrogen-bond acceptors (Lipinski definition) is 3. The molecular formula is C18H35N3. The van der Waals surface area contributed by atoms with E-state index in [9.17, 15) is 5.26 Å². The molecule has 0 bridgehead atoms. The Labute approximate surface area is 132 Å². The van der Waals surface area contributed by atoms with Crippen molar-refractivity contribution in [3.05, 3.63) is 0 Å². The van der Waals surface area contributed by atoms with Gasteiger partial charge in [-0.15, -0.1) is 0 Å². The monoisotopic (exact) mass is 293 g/mol. The second-order valence-corrected chi connectivity index (χ2v) is 7.01. The van der Waals surface area contributed by atoms with Gasteiger partial charge >= 0.3 is 0 Å². The highest BCUT2D eigenvalue weighted by Gasteiger charge is 2.38. The summed E-state index contributed by atoms with van der Waals surface area (Å²) in [6.45, 7) is 13.4. The zero-order valence-electron chi connectivity index (χ0n) is 14.8. The molecule has 0 heterocycles. The second kappa shape index (κ2) is 8.76. The van der Waals surface area contributed by atoms with Gasteiger partial charge in [-0.3, -0.25) is 5.32 Å². The van der Waals surface area contributed by atoms with Gasteiger partial charge in [0.25, 0.3) is 0 Å². The van der Waals surface area contributed by atoms with Crippen molar-refractivity contribution >= 4 is 0 Å². The molecule has 0 radical (unpaired) electrons. The fraction of sp³-hybridized carbons (Fsp3) is 0.944. The van der Waals surface area contributed by atoms with Gasteiger partial charge in [0.2, 0.25) is 0 Å². The molecule has 2 unspecified atom stereocenters. The molecule has 1 aliphatic carbocycles. The average Bonchev–Trinajstić information content (AvgIpc) is 2.48. The molecule has 1 rings (SSSR count). The van der Waals surface area contributed by atoms with Crippen LogP contribution in [-0.2, 0) is 0 Å². The largest absolute Gasteiger partial charge is 0.300 e. The molecule has 0 aromatic heterocycles. The third-order valence-corrected chi connectivity index (χ3v) is 5.07. The zero-order valence-corrected chi connectivity index (χ0v) is 14.8. The predicted molar refractivity (Wildman–Crippen MR) is 90.2 cm³/mol. The van der Waals surface area contributed by atoms with E-state index < -0.39 is 0 Å². The molecule has 3 heteroatoms. The highest BCUT2D eigenvalue weighted by atomic mass is 15.2. The van der Waals surface area contributed by atoms with Gasteiger partial charge in [-0.05, 0) is 52.0 Å². The summed E-state index contributed by atoms with van der Waals surface area (Å²) >= 11 is 0. The third-order valence-electron chi connectivity index (χ3n) is 5.07. The SMILES string of the molecule is CCC(CC)CN(CC)C1CCCC(C#N)(NC(C)C)C1. The highest BCUT2D eigenvalue weighted by Crippen LogP contribution is 2.32. The molecule has 0 aromatic rings. The Morgan fingerprint density at radius 2 is 1.95 bits per heavy atom. The van der Waals surface area contributed by atoms with Gasteiger partial charge in [-0.2, -0.15) is 5.26 Å². The maximum atomic E-state index is 9.71. The van der Waals surface area contributed by atoms with Gasteiger partial charge < -0.3 is 4.90 Å². The quantitative estimate of drug-likeness (QED) is 0.736. The van der Waals surface area contributed by atoms with Crippen LogP contribution in [0, 0.1) is 17.2 Å². The van der Waals surface area contributed by atoms with E-state index in [-0.39, 0.29) is 5.54 Å². The van der Waals surface area contributed by atoms with Crippen LogP contribution in [0.25, 0.3) is 0 Å². The first-order valence-electron chi connectivity index (χ1n) is 8.93. The van der Waals surface area contributed by atoms with E-state index in [1.807, 2.05) is 0 Å². The first-order valence-corrected chi connectivity index (χ1v) is 8.93. The van der Waals surface area contributed by atoms with E-state index in [4.69, 9.17) is 0 Å². The lowest BCUT2D eigenvalue weighted by molar-refractivity contribution is 0.103. The minimum atomic E-state index is -0.307. The van der Waals surface area contributed by atoms with E-state index in [0.29, 0.717) is 12.1 Å². The zero-order chi connectivity index (χ0) is 15.9. The van der Waals surface area contributed by atoms with Crippen LogP contribution in [-0.4, -0.2) is 35.6 Å². The summed E-state index contributed by atoms with van der Waals surface area (Å²) in [5.74, 6) is 0.793. The summed E-state index contributed by atoms with van der Waals surface area (Å²) < 4.78 is 0. The summed E-state index contributed by atoms with van der Waals surface area (Å²) in [7, 11) is 0. The number of rotatable bonds is 8. The summed E-state index contributed by atoms with van der Waals surface area (Å²) in [5.41, 5.74) is -0.307. The molecule has 1 saturated carbocycles. The average molecular weight is 293 g/mol. The minimum absolute atomic E-state index is 0.307. The van der Waals surface area contributed by atoms with Crippen molar-refractivity contribution in [2.75, 3.05) is 13.1 Å². The highest BCUT2D eigenvalue weighted by molar-refractivity contribution is 5.11. The normalized spacial score (nSPS) is 26.5. The standard InChI is InChI=1S/C18H35N3/c1-6-16(7-2)13-21(8-3)17-10-9-11-18(12-17,14-19)20-15(4)5/h15-17,20H,6-13H2,1-5H3. The number of hydrogen-bond donors (Lipinski definition) is 1. The summed E-state index contributed by atoms with van der Waals surface area (Å²) in [6.07, 6.45) is 6.91. The Hall–Kier alpha value is -0.590. The lowest BCUT2D eigenvalue weighted by atomic mass is 9.78. The Bertz CT molecular complexity index is 330. The van der Waals surface area contributed by atoms with Crippen molar-refractivity contribution in [2.24, 2.45) is 5.92 Å². The van der Waals surface area contributed by atoms with Crippen molar-refractivity contribution in [2.45, 2.75) is 90.8 Å². The van der Waals surface area contributed by atoms with Crippen molar-refractivity contribution in [3.63, 3.8) is 0 Å². The molecule has 21 heavy (non-hydrogen) atoms. The van der Waals surface area contributed by atoms with Gasteiger partial charge in [0.15, 0.2) is 0 Å². The van der Waals surface area contributed by atoms with Crippen LogP contribution in [0.4, 0.5) is 0 Å². The van der Waals surface area contributed by atoms with Crippen LogP contribution in [0.2, 0.25) is 0 Å². The number of nitrogens with one attached hydrogen (secondary N) is 1. The maximum Gasteiger partial charge on any atom is 0.108 e. The van der Waals surface area contributed by atoms with E-state index in [2.05, 4.69) is 50.9 Å². The molecule has 1 N–H and O–H groups in total. The van der Waals surface area contributed by atoms with E-state index >= 15 is 0 Å². The smallest absolute Gasteiger partial charge is 0.108 e. The Balaban J connectivity index is 2.74. The van der Waals surface area contributed by atoms with Crippen LogP contribution >= 0.6 is 0 Å². The van der Waals surface area contributed by atoms with E-state index in [0.717, 1.165) is 31.7 Å². The van der Waals surface area contributed by atoms with Gasteiger partial charge in [-0.25, -0.2) is 0 Å². The molecule has 2 atom stereocenters. The molecule has 0 amide bonds. The molecule has 1 aliphatic rings. The molecule has 1 fully saturated rings. The molecule has 0 spiro atoms. The first kappa shape index (κ1) is 18.5. The fourth-order valence-electron chi connectivity index (χ4n) is 3.79. The molecule has 0 aromatic carbocycles. The van der Waals surface area contributed by atoms with Crippen molar-refractivity contribution in [3.8, 4) is 6.07 Å². The number of nitrogens with zero attached hydrogens (tertiary/aromatic N) is 2. The predicted octanol–water partition coefficient (Wildman–Crippen LogP) is 3.95. The van der Waals surface area contributed by atoms with E-state index in [1.165, 1.54) is 25.8 Å². The van der Waals surface area contributed by atoms with Gasteiger partial charge in [0, 0.05) is 18.6 Å². The Morgan fingerprint density at radius 1 is 1.29 bits per heavy atom. The maximum absolute atomic E-state index is 9.71. The van der Waals surface area contributed by atoms with Crippen molar-refractivity contribution in [1.29, 1.82) is 5.26 Å². The molecule has 0 aliphatic heterocycles. The molecular weight excluding hydrogens is 258 g/mol. The lowest BCUT2D eigenvalue weighted by Crippen LogP contribution is -2.55. The van der Waals surface area contributed by atoms with Crippen molar-refractivity contribution < 1.29 is 0 Å². The van der Waals surface area contributed by atoms with E-state index in [1.54, 1.807) is 0 Å². The lowest BCUT2D eigenvalue weighted by Gasteiger charge is -2.43. The summed E-state index contributed by atoms with van der Waals surface area (Å²) in [4.78, 5) is 2.63. The number of nitriles is 1. The van der Waals surface area contributed by atoms with Gasteiger partial charge in [0.1, 0.15) is 5.54 Å². The van der Waals surface area contributed by atoms with Gasteiger partial charge in [-0.1, -0.05) is 33.6 Å². The second-order valence-electron chi connectivity index (χ2n) is 7.01. The first-order chi connectivity index (χ1) is 10.00. The molecule has 122 valence electrons.